The van der Waals surface area contributed by atoms with Crippen LogP contribution in [0.2, 0.25) is 0 Å². The van der Waals surface area contributed by atoms with Crippen molar-refractivity contribution in [3.05, 3.63) is 53.9 Å². The summed E-state index contributed by atoms with van der Waals surface area (Å²) in [5, 5.41) is 8.96. The van der Waals surface area contributed by atoms with E-state index in [4.69, 9.17) is 14.6 Å². The van der Waals surface area contributed by atoms with Crippen LogP contribution in [0.1, 0.15) is 31.9 Å². The van der Waals surface area contributed by atoms with E-state index in [0.717, 1.165) is 35.7 Å². The van der Waals surface area contributed by atoms with E-state index in [1.807, 2.05) is 18.2 Å². The maximum absolute atomic E-state index is 12.8. The molecule has 0 spiro atoms. The van der Waals surface area contributed by atoms with Crippen molar-refractivity contribution in [1.82, 2.24) is 0 Å². The summed E-state index contributed by atoms with van der Waals surface area (Å²) in [5.41, 5.74) is 3.82. The number of rotatable bonds is 8. The van der Waals surface area contributed by atoms with Gasteiger partial charge in [-0.05, 0) is 32.9 Å². The molecule has 2 aromatic rings. The van der Waals surface area contributed by atoms with Gasteiger partial charge in [0.1, 0.15) is 12.4 Å². The molecular formula is C23H27N2O5+. The Balaban J connectivity index is 2.05. The van der Waals surface area contributed by atoms with Crippen LogP contribution in [0.5, 0.6) is 5.75 Å². The van der Waals surface area contributed by atoms with Crippen LogP contribution in [0.25, 0.3) is 11.1 Å². The van der Waals surface area contributed by atoms with Crippen molar-refractivity contribution in [1.29, 1.82) is 0 Å². The Morgan fingerprint density at radius 2 is 1.83 bits per heavy atom. The van der Waals surface area contributed by atoms with Gasteiger partial charge >= 0.3 is 11.9 Å². The van der Waals surface area contributed by atoms with E-state index >= 15 is 0 Å². The lowest BCUT2D eigenvalue weighted by Gasteiger charge is -2.21. The highest BCUT2D eigenvalue weighted by atomic mass is 16.5. The summed E-state index contributed by atoms with van der Waals surface area (Å²) in [5.74, 6) is -0.611. The molecule has 2 heterocycles. The summed E-state index contributed by atoms with van der Waals surface area (Å²) in [6.45, 7) is 8.15. The topological polar surface area (TPSA) is 80.0 Å². The molecule has 0 bridgehead atoms. The van der Waals surface area contributed by atoms with Gasteiger partial charge in [0, 0.05) is 53.7 Å². The van der Waals surface area contributed by atoms with Crippen LogP contribution in [0.4, 0.5) is 5.69 Å². The van der Waals surface area contributed by atoms with Crippen LogP contribution < -0.4 is 14.2 Å². The van der Waals surface area contributed by atoms with Crippen molar-refractivity contribution >= 4 is 28.8 Å². The molecule has 0 atom stereocenters. The Morgan fingerprint density at radius 1 is 1.13 bits per heavy atom. The largest absolute Gasteiger partial charge is 0.488 e. The SMILES string of the molecule is CCOC(=O)/C(=C1/COc2cc(N(CC)CC)ccc21)c1cc[n+](CC(=O)O)cc1. The Morgan fingerprint density at radius 3 is 2.43 bits per heavy atom. The van der Waals surface area contributed by atoms with Gasteiger partial charge in [0.05, 0.1) is 12.2 Å². The number of aromatic nitrogens is 1. The molecule has 0 saturated carbocycles. The van der Waals surface area contributed by atoms with E-state index in [1.54, 1.807) is 31.5 Å². The Bertz CT molecular complexity index is 962. The first kappa shape index (κ1) is 21.4. The Hall–Kier alpha value is -3.35. The van der Waals surface area contributed by atoms with Crippen LogP contribution in [0.15, 0.2) is 42.7 Å². The highest BCUT2D eigenvalue weighted by Crippen LogP contribution is 2.40. The summed E-state index contributed by atoms with van der Waals surface area (Å²) < 4.78 is 12.8. The van der Waals surface area contributed by atoms with Crippen molar-refractivity contribution in [2.45, 2.75) is 27.3 Å². The van der Waals surface area contributed by atoms with Gasteiger partial charge in [-0.3, -0.25) is 0 Å². The molecule has 0 aliphatic carbocycles. The van der Waals surface area contributed by atoms with Crippen LogP contribution >= 0.6 is 0 Å². The third-order valence-corrected chi connectivity index (χ3v) is 5.07. The van der Waals surface area contributed by atoms with E-state index in [9.17, 15) is 9.59 Å². The maximum atomic E-state index is 12.8. The third-order valence-electron chi connectivity index (χ3n) is 5.07. The van der Waals surface area contributed by atoms with Crippen LogP contribution in [0.3, 0.4) is 0 Å². The minimum Gasteiger partial charge on any atom is -0.488 e. The number of ether oxygens (including phenoxy) is 2. The molecule has 3 rings (SSSR count). The second-order valence-electron chi connectivity index (χ2n) is 6.87. The number of benzene rings is 1. The van der Waals surface area contributed by atoms with E-state index < -0.39 is 11.9 Å². The number of carbonyl (C=O) groups excluding carboxylic acids is 1. The lowest BCUT2D eigenvalue weighted by Crippen LogP contribution is -2.37. The van der Waals surface area contributed by atoms with E-state index in [2.05, 4.69) is 18.7 Å². The number of hydrogen-bond donors (Lipinski definition) is 1. The van der Waals surface area contributed by atoms with Gasteiger partial charge in [0.25, 0.3) is 0 Å². The summed E-state index contributed by atoms with van der Waals surface area (Å²) in [7, 11) is 0. The first-order valence-corrected chi connectivity index (χ1v) is 10.1. The van der Waals surface area contributed by atoms with E-state index in [0.29, 0.717) is 11.1 Å². The standard InChI is InChI=1S/C23H26N2O5/c1-4-25(5-2)17-7-8-18-19(15-30-20(18)13-17)22(23(28)29-6-3)16-9-11-24(12-10-16)14-21(26)27/h7-13H,4-6,14-15H2,1-3H3/p+1. The van der Waals surface area contributed by atoms with Gasteiger partial charge < -0.3 is 19.5 Å². The number of carboxylic acid groups (broad SMARTS) is 1. The van der Waals surface area contributed by atoms with Gasteiger partial charge in [-0.15, -0.1) is 0 Å². The van der Waals surface area contributed by atoms with Gasteiger partial charge in [-0.1, -0.05) is 0 Å². The summed E-state index contributed by atoms with van der Waals surface area (Å²) in [6.07, 6.45) is 3.28. The molecule has 158 valence electrons. The molecule has 1 aromatic heterocycles. The van der Waals surface area contributed by atoms with Crippen molar-refractivity contribution in [3.8, 4) is 5.75 Å². The number of fused-ring (bicyclic) bond motifs is 1. The number of hydrogen-bond acceptors (Lipinski definition) is 5. The number of carboxylic acids is 1. The van der Waals surface area contributed by atoms with Crippen LogP contribution in [0, 0.1) is 0 Å². The average Bonchev–Trinajstić information content (AvgIpc) is 3.13. The molecule has 7 nitrogen and oxygen atoms in total. The molecule has 7 heteroatoms. The number of nitrogens with zero attached hydrogens (tertiary/aromatic N) is 2. The molecule has 1 N–H and O–H groups in total. The number of aliphatic carboxylic acids is 1. The molecule has 0 unspecified atom stereocenters. The smallest absolute Gasteiger partial charge is 0.370 e. The zero-order valence-electron chi connectivity index (χ0n) is 17.6. The lowest BCUT2D eigenvalue weighted by molar-refractivity contribution is -0.685. The van der Waals surface area contributed by atoms with E-state index in [1.165, 1.54) is 4.57 Å². The fourth-order valence-electron chi connectivity index (χ4n) is 3.60. The van der Waals surface area contributed by atoms with Crippen molar-refractivity contribution in [2.24, 2.45) is 0 Å². The average molecular weight is 411 g/mol. The zero-order chi connectivity index (χ0) is 21.7. The molecule has 0 radical (unpaired) electrons. The van der Waals surface area contributed by atoms with Gasteiger partial charge in [0.2, 0.25) is 6.54 Å². The molecule has 1 aliphatic rings. The predicted molar refractivity (Wildman–Crippen MR) is 113 cm³/mol. The molecule has 0 amide bonds. The zero-order valence-corrected chi connectivity index (χ0v) is 17.6. The molecule has 0 fully saturated rings. The van der Waals surface area contributed by atoms with Crippen LogP contribution in [-0.2, 0) is 20.9 Å². The summed E-state index contributed by atoms with van der Waals surface area (Å²) in [6, 6.07) is 9.48. The number of carbonyl (C=O) groups is 2. The van der Waals surface area contributed by atoms with E-state index in [-0.39, 0.29) is 19.8 Å². The van der Waals surface area contributed by atoms with Crippen molar-refractivity contribution < 1.29 is 28.7 Å². The fraction of sp³-hybridized carbons (Fsp3) is 0.348. The van der Waals surface area contributed by atoms with Gasteiger partial charge in [0.15, 0.2) is 12.4 Å². The first-order chi connectivity index (χ1) is 14.5. The summed E-state index contributed by atoms with van der Waals surface area (Å²) >= 11 is 0. The first-order valence-electron chi connectivity index (χ1n) is 10.1. The highest BCUT2D eigenvalue weighted by Gasteiger charge is 2.28. The molecular weight excluding hydrogens is 384 g/mol. The Labute approximate surface area is 176 Å². The molecule has 1 aliphatic heterocycles. The highest BCUT2D eigenvalue weighted by molar-refractivity contribution is 6.25. The van der Waals surface area contributed by atoms with Gasteiger partial charge in [-0.2, -0.15) is 4.57 Å². The van der Waals surface area contributed by atoms with Crippen molar-refractivity contribution in [2.75, 3.05) is 31.2 Å². The third kappa shape index (κ3) is 4.45. The second kappa shape index (κ2) is 9.43. The quantitative estimate of drug-likeness (QED) is 0.409. The monoisotopic (exact) mass is 411 g/mol. The minimum absolute atomic E-state index is 0.147. The molecule has 0 saturated heterocycles. The molecule has 1 aromatic carbocycles. The Kier molecular flexibility index (Phi) is 6.72. The predicted octanol–water partition coefficient (Wildman–Crippen LogP) is 2.77. The number of pyridine rings is 1. The fourth-order valence-corrected chi connectivity index (χ4v) is 3.60. The number of esters is 1. The molecule has 30 heavy (non-hydrogen) atoms. The normalized spacial score (nSPS) is 14.0. The summed E-state index contributed by atoms with van der Waals surface area (Å²) in [4.78, 5) is 26.0. The number of anilines is 1. The van der Waals surface area contributed by atoms with Gasteiger partial charge in [-0.25, -0.2) is 9.59 Å². The maximum Gasteiger partial charge on any atom is 0.370 e. The van der Waals surface area contributed by atoms with Crippen LogP contribution in [-0.4, -0.2) is 43.3 Å². The minimum atomic E-state index is -0.932. The lowest BCUT2D eigenvalue weighted by atomic mass is 9.96. The second-order valence-corrected chi connectivity index (χ2v) is 6.87. The van der Waals surface area contributed by atoms with Crippen molar-refractivity contribution in [3.63, 3.8) is 0 Å².